The Morgan fingerprint density at radius 2 is 2.38 bits per heavy atom. The largest absolute Gasteiger partial charge is 0.312 e. The zero-order chi connectivity index (χ0) is 11.1. The third kappa shape index (κ3) is 1.40. The summed E-state index contributed by atoms with van der Waals surface area (Å²) in [5.74, 6) is 0.443. The average Bonchev–Trinajstić information content (AvgIpc) is 2.59. The van der Waals surface area contributed by atoms with Crippen molar-refractivity contribution in [2.45, 2.75) is 39.3 Å². The van der Waals surface area contributed by atoms with Gasteiger partial charge in [0, 0.05) is 37.5 Å². The fourth-order valence-electron chi connectivity index (χ4n) is 2.70. The molecule has 0 radical (unpaired) electrons. The van der Waals surface area contributed by atoms with Crippen LogP contribution in [-0.4, -0.2) is 22.1 Å². The molecule has 3 heterocycles. The van der Waals surface area contributed by atoms with Crippen LogP contribution in [0.5, 0.6) is 0 Å². The number of hydrogen-bond acceptors (Lipinski definition) is 3. The van der Waals surface area contributed by atoms with Gasteiger partial charge >= 0.3 is 0 Å². The van der Waals surface area contributed by atoms with E-state index in [-0.39, 0.29) is 11.7 Å². The minimum absolute atomic E-state index is 0.156. The third-order valence-corrected chi connectivity index (χ3v) is 3.66. The molecule has 3 rings (SSSR count). The van der Waals surface area contributed by atoms with E-state index in [1.54, 1.807) is 0 Å². The molecule has 2 aliphatic rings. The number of aromatic nitrogens is 2. The first-order valence-corrected chi connectivity index (χ1v) is 6.11. The van der Waals surface area contributed by atoms with Crippen molar-refractivity contribution in [3.05, 3.63) is 17.0 Å². The molecule has 0 aromatic carbocycles. The Labute approximate surface area is 95.0 Å². The summed E-state index contributed by atoms with van der Waals surface area (Å²) in [7, 11) is 0. The molecular weight excluding hydrogens is 202 g/mol. The van der Waals surface area contributed by atoms with Gasteiger partial charge in [-0.25, -0.2) is 0 Å². The topological polar surface area (TPSA) is 46.9 Å². The number of nitrogens with zero attached hydrogens (tertiary/aromatic N) is 2. The highest BCUT2D eigenvalue weighted by atomic mass is 16.1. The second-order valence-electron chi connectivity index (χ2n) is 4.83. The lowest BCUT2D eigenvalue weighted by Crippen LogP contribution is -2.25. The van der Waals surface area contributed by atoms with Gasteiger partial charge in [-0.15, -0.1) is 0 Å². The van der Waals surface area contributed by atoms with Gasteiger partial charge in [-0.3, -0.25) is 9.48 Å². The molecule has 2 aliphatic heterocycles. The zero-order valence-corrected chi connectivity index (χ0v) is 9.62. The highest BCUT2D eigenvalue weighted by molar-refractivity contribution is 5.98. The Morgan fingerprint density at radius 1 is 1.50 bits per heavy atom. The van der Waals surface area contributed by atoms with E-state index < -0.39 is 0 Å². The number of carbonyl (C=O) groups is 1. The molecule has 0 amide bonds. The Hall–Kier alpha value is -1.16. The number of fused-ring (bicyclic) bond motifs is 3. The van der Waals surface area contributed by atoms with Crippen LogP contribution < -0.4 is 5.32 Å². The van der Waals surface area contributed by atoms with Crippen molar-refractivity contribution < 1.29 is 4.79 Å². The predicted molar refractivity (Wildman–Crippen MR) is 60.4 cm³/mol. The lowest BCUT2D eigenvalue weighted by Gasteiger charge is -2.13. The summed E-state index contributed by atoms with van der Waals surface area (Å²) < 4.78 is 1.95. The number of Topliss-reactive ketones (excluding diaryl/α,β-unsaturated/α-hetero) is 1. The number of rotatable bonds is 0. The molecule has 16 heavy (non-hydrogen) atoms. The monoisotopic (exact) mass is 219 g/mol. The molecule has 1 N–H and O–H groups in total. The fraction of sp³-hybridized carbons (Fsp3) is 0.667. The molecule has 0 saturated carbocycles. The first-order valence-electron chi connectivity index (χ1n) is 6.11. The molecule has 0 fully saturated rings. The van der Waals surface area contributed by atoms with Gasteiger partial charge in [-0.2, -0.15) is 5.10 Å². The van der Waals surface area contributed by atoms with Crippen LogP contribution in [-0.2, 0) is 19.5 Å². The highest BCUT2D eigenvalue weighted by Crippen LogP contribution is 2.26. The molecule has 4 heteroatoms. The minimum atomic E-state index is 0.156. The van der Waals surface area contributed by atoms with E-state index in [0.29, 0.717) is 0 Å². The lowest BCUT2D eigenvalue weighted by atomic mass is 9.96. The number of nitrogens with one attached hydrogen (secondary N) is 1. The van der Waals surface area contributed by atoms with E-state index in [4.69, 9.17) is 0 Å². The smallest absolute Gasteiger partial charge is 0.183 e. The van der Waals surface area contributed by atoms with Crippen molar-refractivity contribution in [2.24, 2.45) is 5.92 Å². The van der Waals surface area contributed by atoms with Gasteiger partial charge in [-0.05, 0) is 12.8 Å². The van der Waals surface area contributed by atoms with Crippen LogP contribution in [0, 0.1) is 5.92 Å². The predicted octanol–water partition coefficient (Wildman–Crippen LogP) is 1.14. The quantitative estimate of drug-likeness (QED) is 0.712. The summed E-state index contributed by atoms with van der Waals surface area (Å²) in [5.41, 5.74) is 3.17. The fourth-order valence-corrected chi connectivity index (χ4v) is 2.70. The summed E-state index contributed by atoms with van der Waals surface area (Å²) in [6, 6.07) is 0. The van der Waals surface area contributed by atoms with Gasteiger partial charge in [0.15, 0.2) is 5.78 Å². The summed E-state index contributed by atoms with van der Waals surface area (Å²) >= 11 is 0. The summed E-state index contributed by atoms with van der Waals surface area (Å²) in [4.78, 5) is 12.3. The zero-order valence-electron chi connectivity index (χ0n) is 9.62. The van der Waals surface area contributed by atoms with Crippen LogP contribution >= 0.6 is 0 Å². The van der Waals surface area contributed by atoms with E-state index >= 15 is 0 Å². The first kappa shape index (κ1) is 10.0. The average molecular weight is 219 g/mol. The Bertz CT molecular complexity index is 436. The second kappa shape index (κ2) is 3.70. The maximum Gasteiger partial charge on any atom is 0.183 e. The minimum Gasteiger partial charge on any atom is -0.312 e. The van der Waals surface area contributed by atoms with Crippen LogP contribution in [0.3, 0.4) is 0 Å². The van der Waals surface area contributed by atoms with E-state index in [2.05, 4.69) is 10.4 Å². The summed E-state index contributed by atoms with van der Waals surface area (Å²) in [6.45, 7) is 4.72. The molecule has 0 saturated heterocycles. The molecule has 0 bridgehead atoms. The number of hydrogen-bond donors (Lipinski definition) is 1. The molecule has 1 aromatic rings. The molecule has 1 unspecified atom stereocenters. The highest BCUT2D eigenvalue weighted by Gasteiger charge is 2.29. The van der Waals surface area contributed by atoms with E-state index in [1.165, 1.54) is 0 Å². The second-order valence-corrected chi connectivity index (χ2v) is 4.83. The Morgan fingerprint density at radius 3 is 3.25 bits per heavy atom. The van der Waals surface area contributed by atoms with Gasteiger partial charge < -0.3 is 5.32 Å². The standard InChI is InChI=1S/C12H17N3O/c1-8-3-2-6-15-11(12(8)16)9-7-13-5-4-10(9)14-15/h8,13H,2-7H2,1H3. The number of carbonyl (C=O) groups excluding carboxylic acids is 1. The SMILES string of the molecule is CC1CCCn2nc3c(c2C1=O)CNCC3. The molecule has 1 aromatic heterocycles. The van der Waals surface area contributed by atoms with Gasteiger partial charge in [-0.1, -0.05) is 6.92 Å². The van der Waals surface area contributed by atoms with E-state index in [9.17, 15) is 4.79 Å². The van der Waals surface area contributed by atoms with Crippen molar-refractivity contribution >= 4 is 5.78 Å². The Balaban J connectivity index is 2.12. The van der Waals surface area contributed by atoms with Crippen LogP contribution in [0.4, 0.5) is 0 Å². The summed E-state index contributed by atoms with van der Waals surface area (Å²) in [5, 5.41) is 7.92. The molecule has 4 nitrogen and oxygen atoms in total. The summed E-state index contributed by atoms with van der Waals surface area (Å²) in [6.07, 6.45) is 3.01. The van der Waals surface area contributed by atoms with E-state index in [0.717, 1.165) is 55.8 Å². The first-order chi connectivity index (χ1) is 7.77. The van der Waals surface area contributed by atoms with Crippen molar-refractivity contribution in [1.29, 1.82) is 0 Å². The van der Waals surface area contributed by atoms with Gasteiger partial charge in [0.25, 0.3) is 0 Å². The van der Waals surface area contributed by atoms with Crippen molar-refractivity contribution in [3.63, 3.8) is 0 Å². The Kier molecular flexibility index (Phi) is 2.32. The molecular formula is C12H17N3O. The lowest BCUT2D eigenvalue weighted by molar-refractivity contribution is 0.0921. The maximum atomic E-state index is 12.3. The number of ketones is 1. The molecule has 1 atom stereocenters. The van der Waals surface area contributed by atoms with Crippen LogP contribution in [0.1, 0.15) is 41.5 Å². The van der Waals surface area contributed by atoms with Crippen molar-refractivity contribution in [2.75, 3.05) is 6.54 Å². The molecule has 0 spiro atoms. The third-order valence-electron chi connectivity index (χ3n) is 3.66. The van der Waals surface area contributed by atoms with Crippen molar-refractivity contribution in [3.8, 4) is 0 Å². The normalized spacial score (nSPS) is 24.8. The van der Waals surface area contributed by atoms with Gasteiger partial charge in [0.05, 0.1) is 5.69 Å². The molecule has 0 aliphatic carbocycles. The maximum absolute atomic E-state index is 12.3. The van der Waals surface area contributed by atoms with Crippen LogP contribution in [0.2, 0.25) is 0 Å². The van der Waals surface area contributed by atoms with Gasteiger partial charge in [0.1, 0.15) is 5.69 Å². The number of aryl methyl sites for hydroxylation is 1. The van der Waals surface area contributed by atoms with Crippen LogP contribution in [0.25, 0.3) is 0 Å². The van der Waals surface area contributed by atoms with Gasteiger partial charge in [0.2, 0.25) is 0 Å². The van der Waals surface area contributed by atoms with Crippen molar-refractivity contribution in [1.82, 2.24) is 15.1 Å². The molecule has 86 valence electrons. The van der Waals surface area contributed by atoms with Crippen LogP contribution in [0.15, 0.2) is 0 Å². The van der Waals surface area contributed by atoms with E-state index in [1.807, 2.05) is 11.6 Å².